The molecule has 0 aliphatic heterocycles. The van der Waals surface area contributed by atoms with Crippen LogP contribution in [0.4, 0.5) is 0 Å². The minimum Gasteiger partial charge on any atom is -0.309 e. The van der Waals surface area contributed by atoms with E-state index >= 15 is 0 Å². The van der Waals surface area contributed by atoms with E-state index in [1.54, 1.807) is 0 Å². The van der Waals surface area contributed by atoms with Gasteiger partial charge in [0.2, 0.25) is 0 Å². The quantitative estimate of drug-likeness (QED) is 0.115. The van der Waals surface area contributed by atoms with Crippen molar-refractivity contribution >= 4 is 50.6 Å². The molecule has 0 fully saturated rings. The summed E-state index contributed by atoms with van der Waals surface area (Å²) in [5, 5.41) is 5.64. The van der Waals surface area contributed by atoms with Crippen LogP contribution in [-0.4, -0.2) is 22.6 Å². The second-order valence-electron chi connectivity index (χ2n) is 13.8. The monoisotopic (exact) mass is 735 g/mol. The maximum atomic E-state index is 10.3. The molecular weight excluding hydrogens is 695 g/mol. The lowest BCUT2D eigenvalue weighted by Crippen LogP contribution is -2.74. The van der Waals surface area contributed by atoms with E-state index in [9.17, 15) is 5.48 Å². The Bertz CT molecular complexity index is 3040. The number of fused-ring (bicyclic) bond motifs is 3. The largest absolute Gasteiger partial charge is 0.309 e. The highest BCUT2D eigenvalue weighted by atomic mass is 28.3. The van der Waals surface area contributed by atoms with Crippen LogP contribution < -0.4 is 20.7 Å². The van der Waals surface area contributed by atoms with Crippen LogP contribution >= 0.6 is 0 Å². The van der Waals surface area contributed by atoms with Crippen LogP contribution in [0, 0.1) is 0 Å². The van der Waals surface area contributed by atoms with Crippen molar-refractivity contribution in [1.29, 1.82) is 0 Å². The van der Waals surface area contributed by atoms with Gasteiger partial charge in [-0.15, -0.1) is 0 Å². The highest BCUT2D eigenvalue weighted by Crippen LogP contribution is 2.37. The van der Waals surface area contributed by atoms with Crippen molar-refractivity contribution in [3.8, 4) is 39.6 Å². The fraction of sp³-hybridized carbons (Fsp3) is 0. The molecule has 0 radical (unpaired) electrons. The number of aromatic nitrogens is 3. The van der Waals surface area contributed by atoms with E-state index in [4.69, 9.17) is 9.97 Å². The number of nitrogens with zero attached hydrogens (tertiary/aromatic N) is 3. The van der Waals surface area contributed by atoms with E-state index in [0.29, 0.717) is 22.4 Å². The molecule has 0 atom stereocenters. The molecule has 0 unspecified atom stereocenters. The summed E-state index contributed by atoms with van der Waals surface area (Å²) in [6.45, 7) is 0. The van der Waals surface area contributed by atoms with E-state index < -0.39 is 8.07 Å². The van der Waals surface area contributed by atoms with Crippen LogP contribution in [0.25, 0.3) is 61.4 Å². The van der Waals surface area contributed by atoms with E-state index in [0.717, 1.165) is 54.2 Å². The molecule has 0 saturated carbocycles. The number of benzene rings is 8. The molecule has 0 aliphatic rings. The first-order chi connectivity index (χ1) is 29.5. The highest BCUT2D eigenvalue weighted by molar-refractivity contribution is 7.19. The summed E-state index contributed by atoms with van der Waals surface area (Å²) >= 11 is 0. The highest BCUT2D eigenvalue weighted by Gasteiger charge is 2.41. The molecule has 0 N–H and O–H groups in total. The van der Waals surface area contributed by atoms with Gasteiger partial charge in [-0.25, -0.2) is 9.97 Å². The molecule has 3 nitrogen and oxygen atoms in total. The van der Waals surface area contributed by atoms with Crippen molar-refractivity contribution < 1.29 is 5.48 Å². The summed E-state index contributed by atoms with van der Waals surface area (Å²) in [5.41, 5.74) is 5.80. The van der Waals surface area contributed by atoms with Gasteiger partial charge in [0, 0.05) is 27.5 Å². The zero-order chi connectivity index (χ0) is 40.8. The Morgan fingerprint density at radius 1 is 0.429 bits per heavy atom. The zero-order valence-corrected chi connectivity index (χ0v) is 31.4. The zero-order valence-electron chi connectivity index (χ0n) is 34.4. The van der Waals surface area contributed by atoms with Crippen LogP contribution in [0.5, 0.6) is 0 Å². The summed E-state index contributed by atoms with van der Waals surface area (Å²) in [7, 11) is -3.49. The van der Waals surface area contributed by atoms with Gasteiger partial charge in [-0.2, -0.15) is 0 Å². The predicted octanol–water partition coefficient (Wildman–Crippen LogP) is 9.95. The third kappa shape index (κ3) is 5.67. The van der Waals surface area contributed by atoms with Gasteiger partial charge < -0.3 is 4.57 Å². The molecule has 4 heteroatoms. The van der Waals surface area contributed by atoms with Crippen molar-refractivity contribution in [2.45, 2.75) is 0 Å². The van der Waals surface area contributed by atoms with Crippen molar-refractivity contribution in [3.63, 3.8) is 0 Å². The Kier molecular flexibility index (Phi) is 7.44. The van der Waals surface area contributed by atoms with Gasteiger partial charge in [0.05, 0.1) is 33.6 Å². The van der Waals surface area contributed by atoms with Crippen LogP contribution in [0.3, 0.4) is 0 Å². The number of hydrogen-bond acceptors (Lipinski definition) is 2. The predicted molar refractivity (Wildman–Crippen MR) is 236 cm³/mol. The fourth-order valence-corrected chi connectivity index (χ4v) is 12.7. The summed E-state index contributed by atoms with van der Waals surface area (Å²) in [4.78, 5) is 10.4. The molecule has 0 amide bonds. The van der Waals surface area contributed by atoms with Crippen molar-refractivity contribution in [2.24, 2.45) is 0 Å². The lowest BCUT2D eigenvalue weighted by atomic mass is 10.0. The molecule has 2 heterocycles. The molecular formula is C52H37N3Si. The Morgan fingerprint density at radius 2 is 0.911 bits per heavy atom. The molecule has 0 aliphatic carbocycles. The first-order valence-corrected chi connectivity index (χ1v) is 20.8. The lowest BCUT2D eigenvalue weighted by molar-refractivity contribution is 1.15. The van der Waals surface area contributed by atoms with Crippen LogP contribution in [0.2, 0.25) is 0 Å². The average molecular weight is 736 g/mol. The second kappa shape index (κ2) is 14.3. The van der Waals surface area contributed by atoms with Gasteiger partial charge in [0.1, 0.15) is 0 Å². The van der Waals surface area contributed by atoms with Crippen LogP contribution in [0.1, 0.15) is 5.48 Å². The summed E-state index contributed by atoms with van der Waals surface area (Å²) in [6.07, 6.45) is 0. The molecule has 10 aromatic rings. The summed E-state index contributed by atoms with van der Waals surface area (Å²) in [5.74, 6) is 0.430. The minimum atomic E-state index is -3.49. The standard InChI is InChI=1S/C52H37N3Si/c1-5-20-38(21-6-1)52-53-47(37-48(54-52)46-32-15-18-35-51(46)55-49-33-16-13-30-44(49)45-31-14-17-34-50(45)55)39-22-19-29-43(36-39)56(40-23-7-2-8-24-40,41-25-9-3-10-26-41)42-27-11-4-12-28-42/h1-37H/i19D,22D,29D,36D. The Morgan fingerprint density at radius 3 is 1.50 bits per heavy atom. The molecule has 264 valence electrons. The molecule has 2 aromatic heterocycles. The third-order valence-electron chi connectivity index (χ3n) is 10.6. The van der Waals surface area contributed by atoms with Crippen molar-refractivity contribution in [1.82, 2.24) is 14.5 Å². The number of hydrogen-bond donors (Lipinski definition) is 0. The van der Waals surface area contributed by atoms with Crippen molar-refractivity contribution in [3.05, 3.63) is 224 Å². The minimum absolute atomic E-state index is 0.0172. The Balaban J connectivity index is 1.29. The maximum absolute atomic E-state index is 10.3. The number of para-hydroxylation sites is 3. The number of rotatable bonds is 8. The van der Waals surface area contributed by atoms with Gasteiger partial charge >= 0.3 is 0 Å². The van der Waals surface area contributed by atoms with E-state index in [1.807, 2.05) is 103 Å². The van der Waals surface area contributed by atoms with Crippen molar-refractivity contribution in [2.75, 3.05) is 0 Å². The van der Waals surface area contributed by atoms with Gasteiger partial charge in [-0.3, -0.25) is 0 Å². The second-order valence-corrected chi connectivity index (χ2v) is 17.5. The Labute approximate surface area is 333 Å². The van der Waals surface area contributed by atoms with E-state index in [-0.39, 0.29) is 29.7 Å². The SMILES string of the molecule is [2H]c1c([2H])c(-c2cc(-c3ccccc3-n3c4ccccc4c4ccccc43)nc(-c3ccccc3)n2)c([2H])c([Si](c2ccccc2)(c2ccccc2)c2ccccc2)c1[2H]. The van der Waals surface area contributed by atoms with Crippen LogP contribution in [0.15, 0.2) is 224 Å². The van der Waals surface area contributed by atoms with E-state index in [1.165, 1.54) is 0 Å². The molecule has 0 saturated heterocycles. The Hall–Kier alpha value is -7.14. The van der Waals surface area contributed by atoms with E-state index in [2.05, 4.69) is 102 Å². The summed E-state index contributed by atoms with van der Waals surface area (Å²) < 4.78 is 41.3. The topological polar surface area (TPSA) is 30.7 Å². The summed E-state index contributed by atoms with van der Waals surface area (Å²) in [6, 6.07) is 66.3. The molecule has 0 bridgehead atoms. The third-order valence-corrected chi connectivity index (χ3v) is 15.2. The lowest BCUT2D eigenvalue weighted by Gasteiger charge is -2.34. The normalized spacial score (nSPS) is 12.6. The molecule has 0 spiro atoms. The molecule has 56 heavy (non-hydrogen) atoms. The first kappa shape index (κ1) is 29.2. The van der Waals surface area contributed by atoms with Gasteiger partial charge in [0.15, 0.2) is 13.9 Å². The van der Waals surface area contributed by atoms with Gasteiger partial charge in [-0.1, -0.05) is 200 Å². The molecule has 10 rings (SSSR count). The fourth-order valence-electron chi connectivity index (χ4n) is 8.15. The maximum Gasteiger partial charge on any atom is 0.179 e. The smallest absolute Gasteiger partial charge is 0.179 e. The molecule has 8 aromatic carbocycles. The van der Waals surface area contributed by atoms with Gasteiger partial charge in [0.25, 0.3) is 0 Å². The van der Waals surface area contributed by atoms with Crippen LogP contribution in [-0.2, 0) is 0 Å². The average Bonchev–Trinajstić information content (AvgIpc) is 3.65. The van der Waals surface area contributed by atoms with Gasteiger partial charge in [-0.05, 0) is 45.0 Å². The first-order valence-electron chi connectivity index (χ1n) is 20.8.